The fourth-order valence-electron chi connectivity index (χ4n) is 1.88. The van der Waals surface area contributed by atoms with Gasteiger partial charge in [0.2, 0.25) is 0 Å². The molecular weight excluding hydrogens is 174 g/mol. The van der Waals surface area contributed by atoms with Crippen LogP contribution in [-0.2, 0) is 5.41 Å². The van der Waals surface area contributed by atoms with Gasteiger partial charge < -0.3 is 9.67 Å². The lowest BCUT2D eigenvalue weighted by Crippen LogP contribution is -2.15. The van der Waals surface area contributed by atoms with Crippen LogP contribution in [0.3, 0.4) is 0 Å². The van der Waals surface area contributed by atoms with Crippen LogP contribution in [0, 0.1) is 6.92 Å². The Balaban J connectivity index is 3.09. The van der Waals surface area contributed by atoms with Crippen molar-refractivity contribution in [2.24, 2.45) is 0 Å². The maximum absolute atomic E-state index is 9.10. The van der Waals surface area contributed by atoms with E-state index in [1.807, 2.05) is 6.92 Å². The standard InChI is InChI=1S/C12H21NO/c1-9(8-14)13-7-6-11(10(13)2)12(3,4)5/h6-7,9,14H,8H2,1-5H3. The summed E-state index contributed by atoms with van der Waals surface area (Å²) in [7, 11) is 0. The molecule has 0 aliphatic carbocycles. The summed E-state index contributed by atoms with van der Waals surface area (Å²) in [5, 5.41) is 9.10. The molecule has 0 aliphatic heterocycles. The Morgan fingerprint density at radius 1 is 1.43 bits per heavy atom. The molecule has 1 unspecified atom stereocenters. The highest BCUT2D eigenvalue weighted by Crippen LogP contribution is 2.27. The van der Waals surface area contributed by atoms with Gasteiger partial charge in [-0.25, -0.2) is 0 Å². The molecule has 2 nitrogen and oxygen atoms in total. The number of hydrogen-bond acceptors (Lipinski definition) is 1. The predicted octanol–water partition coefficient (Wildman–Crippen LogP) is 2.65. The van der Waals surface area contributed by atoms with Gasteiger partial charge in [-0.15, -0.1) is 0 Å². The second kappa shape index (κ2) is 3.77. The van der Waals surface area contributed by atoms with Crippen molar-refractivity contribution in [1.29, 1.82) is 0 Å². The summed E-state index contributed by atoms with van der Waals surface area (Å²) in [6, 6.07) is 2.33. The van der Waals surface area contributed by atoms with Gasteiger partial charge in [0, 0.05) is 11.9 Å². The highest BCUT2D eigenvalue weighted by molar-refractivity contribution is 5.28. The molecule has 0 aromatic carbocycles. The molecule has 14 heavy (non-hydrogen) atoms. The zero-order valence-corrected chi connectivity index (χ0v) is 9.83. The Morgan fingerprint density at radius 3 is 2.36 bits per heavy atom. The minimum atomic E-state index is 0.172. The zero-order chi connectivity index (χ0) is 10.9. The van der Waals surface area contributed by atoms with Gasteiger partial charge in [0.15, 0.2) is 0 Å². The van der Waals surface area contributed by atoms with Crippen LogP contribution in [0.4, 0.5) is 0 Å². The highest BCUT2D eigenvalue weighted by Gasteiger charge is 2.19. The number of aliphatic hydroxyl groups excluding tert-OH is 1. The smallest absolute Gasteiger partial charge is 0.0636 e. The van der Waals surface area contributed by atoms with Gasteiger partial charge in [-0.3, -0.25) is 0 Å². The van der Waals surface area contributed by atoms with Crippen LogP contribution < -0.4 is 0 Å². The van der Waals surface area contributed by atoms with Gasteiger partial charge in [0.1, 0.15) is 0 Å². The van der Waals surface area contributed by atoms with Crippen LogP contribution in [0.5, 0.6) is 0 Å². The van der Waals surface area contributed by atoms with Crippen molar-refractivity contribution in [2.45, 2.75) is 46.1 Å². The third-order valence-electron chi connectivity index (χ3n) is 2.73. The molecule has 0 radical (unpaired) electrons. The second-order valence-corrected chi connectivity index (χ2v) is 5.00. The Hall–Kier alpha value is -0.760. The lowest BCUT2D eigenvalue weighted by atomic mass is 9.87. The molecular formula is C12H21NO. The van der Waals surface area contributed by atoms with E-state index in [9.17, 15) is 0 Å². The van der Waals surface area contributed by atoms with Crippen molar-refractivity contribution in [2.75, 3.05) is 6.61 Å². The molecule has 0 fully saturated rings. The average molecular weight is 195 g/mol. The van der Waals surface area contributed by atoms with Gasteiger partial charge >= 0.3 is 0 Å². The van der Waals surface area contributed by atoms with Crippen molar-refractivity contribution < 1.29 is 5.11 Å². The molecule has 1 atom stereocenters. The average Bonchev–Trinajstić information content (AvgIpc) is 2.45. The van der Waals surface area contributed by atoms with E-state index in [2.05, 4.69) is 44.5 Å². The first-order chi connectivity index (χ1) is 6.38. The normalized spacial score (nSPS) is 14.4. The predicted molar refractivity (Wildman–Crippen MR) is 59.7 cm³/mol. The third kappa shape index (κ3) is 2.01. The summed E-state index contributed by atoms with van der Waals surface area (Å²) >= 11 is 0. The van der Waals surface area contributed by atoms with E-state index in [4.69, 9.17) is 5.11 Å². The van der Waals surface area contributed by atoms with Crippen molar-refractivity contribution >= 4 is 0 Å². The molecule has 80 valence electrons. The Labute approximate surface area is 86.6 Å². The summed E-state index contributed by atoms with van der Waals surface area (Å²) in [6.07, 6.45) is 2.07. The first-order valence-corrected chi connectivity index (χ1v) is 5.16. The van der Waals surface area contributed by atoms with Crippen LogP contribution in [-0.4, -0.2) is 16.3 Å². The van der Waals surface area contributed by atoms with Crippen LogP contribution in [0.1, 0.15) is 45.0 Å². The van der Waals surface area contributed by atoms with Crippen LogP contribution >= 0.6 is 0 Å². The van der Waals surface area contributed by atoms with Gasteiger partial charge in [-0.1, -0.05) is 20.8 Å². The number of nitrogens with zero attached hydrogens (tertiary/aromatic N) is 1. The minimum Gasteiger partial charge on any atom is -0.394 e. The first kappa shape index (κ1) is 11.3. The molecule has 0 saturated carbocycles. The van der Waals surface area contributed by atoms with Gasteiger partial charge in [-0.2, -0.15) is 0 Å². The fraction of sp³-hybridized carbons (Fsp3) is 0.667. The van der Waals surface area contributed by atoms with Crippen molar-refractivity contribution in [3.05, 3.63) is 23.5 Å². The van der Waals surface area contributed by atoms with Crippen LogP contribution in [0.25, 0.3) is 0 Å². The van der Waals surface area contributed by atoms with E-state index >= 15 is 0 Å². The summed E-state index contributed by atoms with van der Waals surface area (Å²) in [5.74, 6) is 0. The zero-order valence-electron chi connectivity index (χ0n) is 9.83. The van der Waals surface area contributed by atoms with Crippen LogP contribution in [0.15, 0.2) is 12.3 Å². The first-order valence-electron chi connectivity index (χ1n) is 5.16. The maximum Gasteiger partial charge on any atom is 0.0636 e. The van der Waals surface area contributed by atoms with E-state index < -0.39 is 0 Å². The molecule has 0 amide bonds. The molecule has 1 aromatic rings. The van der Waals surface area contributed by atoms with Gasteiger partial charge in [0.25, 0.3) is 0 Å². The van der Waals surface area contributed by atoms with Gasteiger partial charge in [-0.05, 0) is 30.9 Å². The minimum absolute atomic E-state index is 0.172. The van der Waals surface area contributed by atoms with Crippen molar-refractivity contribution in [1.82, 2.24) is 4.57 Å². The molecule has 1 heterocycles. The second-order valence-electron chi connectivity index (χ2n) is 5.00. The van der Waals surface area contributed by atoms with Gasteiger partial charge in [0.05, 0.1) is 12.6 Å². The van der Waals surface area contributed by atoms with E-state index in [1.54, 1.807) is 0 Å². The lowest BCUT2D eigenvalue weighted by molar-refractivity contribution is 0.237. The summed E-state index contributed by atoms with van der Waals surface area (Å²) < 4.78 is 2.14. The number of rotatable bonds is 2. The molecule has 1 rings (SSSR count). The van der Waals surface area contributed by atoms with Crippen LogP contribution in [0.2, 0.25) is 0 Å². The van der Waals surface area contributed by atoms with E-state index in [-0.39, 0.29) is 18.1 Å². The van der Waals surface area contributed by atoms with Crippen molar-refractivity contribution in [3.63, 3.8) is 0 Å². The molecule has 0 bridgehead atoms. The topological polar surface area (TPSA) is 25.2 Å². The molecule has 2 heteroatoms. The Kier molecular flexibility index (Phi) is 3.05. The maximum atomic E-state index is 9.10. The Bertz CT molecular complexity index is 307. The number of aliphatic hydroxyl groups is 1. The van der Waals surface area contributed by atoms with Crippen molar-refractivity contribution in [3.8, 4) is 0 Å². The third-order valence-corrected chi connectivity index (χ3v) is 2.73. The molecule has 1 N–H and O–H groups in total. The summed E-state index contributed by atoms with van der Waals surface area (Å²) in [6.45, 7) is 11.0. The highest BCUT2D eigenvalue weighted by atomic mass is 16.3. The summed E-state index contributed by atoms with van der Waals surface area (Å²) in [4.78, 5) is 0. The SMILES string of the molecule is Cc1c(C(C)(C)C)ccn1C(C)CO. The van der Waals surface area contributed by atoms with E-state index in [0.717, 1.165) is 0 Å². The molecule has 0 aliphatic rings. The molecule has 0 spiro atoms. The summed E-state index contributed by atoms with van der Waals surface area (Å²) in [5.41, 5.74) is 2.81. The Morgan fingerprint density at radius 2 is 2.00 bits per heavy atom. The lowest BCUT2D eigenvalue weighted by Gasteiger charge is -2.20. The van der Waals surface area contributed by atoms with E-state index in [0.29, 0.717) is 0 Å². The monoisotopic (exact) mass is 195 g/mol. The molecule has 0 saturated heterocycles. The largest absolute Gasteiger partial charge is 0.394 e. The molecule has 1 aromatic heterocycles. The van der Waals surface area contributed by atoms with E-state index in [1.165, 1.54) is 11.3 Å². The number of aromatic nitrogens is 1. The quantitative estimate of drug-likeness (QED) is 0.771. The fourth-order valence-corrected chi connectivity index (χ4v) is 1.88. The number of hydrogen-bond donors (Lipinski definition) is 1.